The van der Waals surface area contributed by atoms with Crippen LogP contribution in [0.1, 0.15) is 31.1 Å². The monoisotopic (exact) mass is 313 g/mol. The first-order valence-electron chi connectivity index (χ1n) is 6.30. The average molecular weight is 314 g/mol. The SMILES string of the molecule is O=C1C=C(OC(=O)c2cccnc2Cl)C(=O)c2ccccc21. The zero-order valence-corrected chi connectivity index (χ0v) is 11.8. The number of hydrogen-bond acceptors (Lipinski definition) is 5. The summed E-state index contributed by atoms with van der Waals surface area (Å²) in [5.41, 5.74) is 0.506. The molecule has 0 aliphatic heterocycles. The predicted molar refractivity (Wildman–Crippen MR) is 77.8 cm³/mol. The summed E-state index contributed by atoms with van der Waals surface area (Å²) in [6.45, 7) is 0. The molecule has 0 spiro atoms. The lowest BCUT2D eigenvalue weighted by atomic mass is 9.94. The van der Waals surface area contributed by atoms with Gasteiger partial charge < -0.3 is 4.74 Å². The van der Waals surface area contributed by atoms with Crippen molar-refractivity contribution in [2.24, 2.45) is 0 Å². The quantitative estimate of drug-likeness (QED) is 0.629. The van der Waals surface area contributed by atoms with Crippen molar-refractivity contribution in [3.05, 3.63) is 76.3 Å². The molecule has 6 heteroatoms. The van der Waals surface area contributed by atoms with E-state index >= 15 is 0 Å². The van der Waals surface area contributed by atoms with Crippen LogP contribution in [-0.4, -0.2) is 22.5 Å². The highest BCUT2D eigenvalue weighted by Crippen LogP contribution is 2.23. The number of allylic oxidation sites excluding steroid dienone is 2. The first-order valence-corrected chi connectivity index (χ1v) is 6.68. The van der Waals surface area contributed by atoms with Crippen molar-refractivity contribution in [2.75, 3.05) is 0 Å². The fourth-order valence-corrected chi connectivity index (χ4v) is 2.26. The average Bonchev–Trinajstić information content (AvgIpc) is 2.52. The molecule has 5 nitrogen and oxygen atoms in total. The van der Waals surface area contributed by atoms with Crippen molar-refractivity contribution < 1.29 is 19.1 Å². The van der Waals surface area contributed by atoms with Crippen molar-refractivity contribution in [1.82, 2.24) is 4.98 Å². The minimum Gasteiger partial charge on any atom is -0.418 e. The largest absolute Gasteiger partial charge is 0.418 e. The molecule has 0 fully saturated rings. The normalized spacial score (nSPS) is 13.4. The second kappa shape index (κ2) is 5.54. The van der Waals surface area contributed by atoms with Gasteiger partial charge in [0, 0.05) is 23.4 Å². The number of carbonyl (C=O) groups is 3. The third-order valence-electron chi connectivity index (χ3n) is 3.10. The molecule has 2 aromatic rings. The van der Waals surface area contributed by atoms with Gasteiger partial charge in [-0.2, -0.15) is 0 Å². The lowest BCUT2D eigenvalue weighted by Gasteiger charge is -2.14. The van der Waals surface area contributed by atoms with Crippen LogP contribution < -0.4 is 0 Å². The van der Waals surface area contributed by atoms with Crippen LogP contribution in [0, 0.1) is 0 Å². The Bertz CT molecular complexity index is 842. The number of aromatic nitrogens is 1. The number of hydrogen-bond donors (Lipinski definition) is 0. The molecule has 1 aromatic heterocycles. The summed E-state index contributed by atoms with van der Waals surface area (Å²) in [4.78, 5) is 40.0. The van der Waals surface area contributed by atoms with Gasteiger partial charge in [0.1, 0.15) is 5.15 Å². The lowest BCUT2D eigenvalue weighted by molar-refractivity contribution is 0.0584. The molecular weight excluding hydrogens is 306 g/mol. The van der Waals surface area contributed by atoms with Crippen LogP contribution >= 0.6 is 11.6 Å². The Morgan fingerprint density at radius 1 is 1.05 bits per heavy atom. The number of ketones is 2. The third-order valence-corrected chi connectivity index (χ3v) is 3.41. The fraction of sp³-hybridized carbons (Fsp3) is 0. The molecule has 0 N–H and O–H groups in total. The Morgan fingerprint density at radius 2 is 1.77 bits per heavy atom. The lowest BCUT2D eigenvalue weighted by Crippen LogP contribution is -2.20. The van der Waals surface area contributed by atoms with Gasteiger partial charge in [-0.1, -0.05) is 35.9 Å². The van der Waals surface area contributed by atoms with Crippen LogP contribution in [0.15, 0.2) is 54.4 Å². The molecule has 1 aliphatic carbocycles. The van der Waals surface area contributed by atoms with Gasteiger partial charge in [0.2, 0.25) is 5.78 Å². The maximum atomic E-state index is 12.3. The van der Waals surface area contributed by atoms with Gasteiger partial charge in [-0.15, -0.1) is 0 Å². The van der Waals surface area contributed by atoms with Crippen LogP contribution in [0.25, 0.3) is 0 Å². The van der Waals surface area contributed by atoms with Crippen molar-refractivity contribution in [1.29, 1.82) is 0 Å². The number of pyridine rings is 1. The number of benzene rings is 1. The van der Waals surface area contributed by atoms with Crippen LogP contribution in [-0.2, 0) is 4.74 Å². The Morgan fingerprint density at radius 3 is 2.50 bits per heavy atom. The fourth-order valence-electron chi connectivity index (χ4n) is 2.06. The molecule has 1 aromatic carbocycles. The number of carbonyl (C=O) groups excluding carboxylic acids is 3. The van der Waals surface area contributed by atoms with E-state index in [2.05, 4.69) is 4.98 Å². The van der Waals surface area contributed by atoms with Gasteiger partial charge in [0.05, 0.1) is 5.56 Å². The molecular formula is C16H8ClNO4. The number of ether oxygens (including phenoxy) is 1. The molecule has 0 saturated heterocycles. The molecule has 22 heavy (non-hydrogen) atoms. The summed E-state index contributed by atoms with van der Waals surface area (Å²) in [6.07, 6.45) is 2.43. The Balaban J connectivity index is 1.91. The summed E-state index contributed by atoms with van der Waals surface area (Å²) < 4.78 is 5.03. The number of Topliss-reactive ketones (excluding diaryl/α,β-unsaturated/α-hetero) is 1. The molecule has 0 atom stereocenters. The van der Waals surface area contributed by atoms with E-state index in [4.69, 9.17) is 16.3 Å². The van der Waals surface area contributed by atoms with Crippen molar-refractivity contribution in [2.45, 2.75) is 0 Å². The topological polar surface area (TPSA) is 73.3 Å². The summed E-state index contributed by atoms with van der Waals surface area (Å²) in [7, 11) is 0. The summed E-state index contributed by atoms with van der Waals surface area (Å²) in [6, 6.07) is 9.27. The van der Waals surface area contributed by atoms with E-state index in [1.165, 1.54) is 24.4 Å². The number of halogens is 1. The van der Waals surface area contributed by atoms with Gasteiger partial charge in [-0.05, 0) is 12.1 Å². The van der Waals surface area contributed by atoms with E-state index in [1.54, 1.807) is 18.2 Å². The summed E-state index contributed by atoms with van der Waals surface area (Å²) in [5, 5.41) is -0.0388. The molecule has 108 valence electrons. The molecule has 3 rings (SSSR count). The Hall–Kier alpha value is -2.79. The van der Waals surface area contributed by atoms with Crippen molar-refractivity contribution >= 4 is 29.1 Å². The van der Waals surface area contributed by atoms with Gasteiger partial charge in [-0.25, -0.2) is 9.78 Å². The van der Waals surface area contributed by atoms with Crippen LogP contribution in [0.2, 0.25) is 5.15 Å². The maximum absolute atomic E-state index is 12.3. The first-order chi connectivity index (χ1) is 10.6. The van der Waals surface area contributed by atoms with Crippen molar-refractivity contribution in [3.8, 4) is 0 Å². The first kappa shape index (κ1) is 14.2. The van der Waals surface area contributed by atoms with E-state index in [0.29, 0.717) is 0 Å². The number of fused-ring (bicyclic) bond motifs is 1. The molecule has 0 unspecified atom stereocenters. The number of rotatable bonds is 2. The molecule has 1 heterocycles. The van der Waals surface area contributed by atoms with Crippen LogP contribution in [0.4, 0.5) is 0 Å². The molecule has 1 aliphatic rings. The second-order valence-corrected chi connectivity index (χ2v) is 4.84. The summed E-state index contributed by atoms with van der Waals surface area (Å²) in [5.74, 6) is -2.09. The number of esters is 1. The van der Waals surface area contributed by atoms with Gasteiger partial charge in [0.15, 0.2) is 11.5 Å². The Labute approximate surface area is 130 Å². The smallest absolute Gasteiger partial charge is 0.346 e. The van der Waals surface area contributed by atoms with Crippen molar-refractivity contribution in [3.63, 3.8) is 0 Å². The molecule has 0 bridgehead atoms. The van der Waals surface area contributed by atoms with Gasteiger partial charge >= 0.3 is 5.97 Å². The van der Waals surface area contributed by atoms with Gasteiger partial charge in [0.25, 0.3) is 0 Å². The van der Waals surface area contributed by atoms with E-state index in [-0.39, 0.29) is 27.6 Å². The predicted octanol–water partition coefficient (Wildman–Crippen LogP) is 2.85. The second-order valence-electron chi connectivity index (χ2n) is 4.48. The van der Waals surface area contributed by atoms with E-state index < -0.39 is 17.5 Å². The highest BCUT2D eigenvalue weighted by atomic mass is 35.5. The zero-order valence-electron chi connectivity index (χ0n) is 11.1. The minimum absolute atomic E-state index is 0.0178. The molecule has 0 radical (unpaired) electrons. The molecule has 0 amide bonds. The van der Waals surface area contributed by atoms with Gasteiger partial charge in [-0.3, -0.25) is 9.59 Å². The van der Waals surface area contributed by atoms with Crippen LogP contribution in [0.3, 0.4) is 0 Å². The van der Waals surface area contributed by atoms with E-state index in [0.717, 1.165) is 6.08 Å². The summed E-state index contributed by atoms with van der Waals surface area (Å²) >= 11 is 5.80. The maximum Gasteiger partial charge on any atom is 0.346 e. The Kier molecular flexibility index (Phi) is 3.56. The highest BCUT2D eigenvalue weighted by molar-refractivity contribution is 6.32. The highest BCUT2D eigenvalue weighted by Gasteiger charge is 2.28. The zero-order chi connectivity index (χ0) is 15.7. The number of nitrogens with zero attached hydrogens (tertiary/aromatic N) is 1. The minimum atomic E-state index is -0.843. The van der Waals surface area contributed by atoms with Crippen LogP contribution in [0.5, 0.6) is 0 Å². The third kappa shape index (κ3) is 2.42. The standard InChI is InChI=1S/C16H8ClNO4/c17-15-11(6-3-7-18-15)16(21)22-13-8-12(19)9-4-1-2-5-10(9)14(13)20/h1-8H. The molecule has 0 saturated carbocycles. The van der Waals surface area contributed by atoms with E-state index in [1.807, 2.05) is 0 Å². The van der Waals surface area contributed by atoms with E-state index in [9.17, 15) is 14.4 Å².